The molecule has 1 heterocycles. The van der Waals surface area contributed by atoms with Gasteiger partial charge in [-0.3, -0.25) is 0 Å². The second-order valence-corrected chi connectivity index (χ2v) is 10.2. The van der Waals surface area contributed by atoms with E-state index in [0.717, 1.165) is 19.4 Å². The smallest absolute Gasteiger partial charge is 0.243 e. The zero-order chi connectivity index (χ0) is 20.6. The molecule has 1 aromatic carbocycles. The number of benzene rings is 1. The highest BCUT2D eigenvalue weighted by Crippen LogP contribution is 2.18. The van der Waals surface area contributed by atoms with Crippen molar-refractivity contribution >= 4 is 20.0 Å². The van der Waals surface area contributed by atoms with Crippen LogP contribution in [0.2, 0.25) is 0 Å². The van der Waals surface area contributed by atoms with Crippen molar-refractivity contribution in [2.45, 2.75) is 49.0 Å². The predicted molar refractivity (Wildman–Crippen MR) is 106 cm³/mol. The third-order valence-corrected chi connectivity index (χ3v) is 8.10. The molecule has 0 bridgehead atoms. The minimum Gasteiger partial charge on any atom is -0.379 e. The normalized spacial score (nSPS) is 18.0. The van der Waals surface area contributed by atoms with Crippen LogP contribution in [0.25, 0.3) is 0 Å². The van der Waals surface area contributed by atoms with E-state index < -0.39 is 20.0 Å². The van der Waals surface area contributed by atoms with Gasteiger partial charge in [-0.05, 0) is 43.5 Å². The molecule has 0 spiro atoms. The summed E-state index contributed by atoms with van der Waals surface area (Å²) in [4.78, 5) is 0.115. The maximum absolute atomic E-state index is 12.5. The van der Waals surface area contributed by atoms with Crippen molar-refractivity contribution in [3.63, 3.8) is 0 Å². The molecule has 1 aliphatic rings. The molecular formula is C18H30N2O6S2. The Balaban J connectivity index is 1.84. The molecule has 1 atom stereocenters. The van der Waals surface area contributed by atoms with Crippen LogP contribution in [0.4, 0.5) is 0 Å². The van der Waals surface area contributed by atoms with Crippen LogP contribution in [-0.2, 0) is 29.5 Å². The van der Waals surface area contributed by atoms with Crippen molar-refractivity contribution in [3.05, 3.63) is 24.3 Å². The first kappa shape index (κ1) is 23.2. The minimum atomic E-state index is -3.70. The Labute approximate surface area is 168 Å². The number of nitrogens with one attached hydrogen (secondary N) is 1. The van der Waals surface area contributed by atoms with Gasteiger partial charge in [-0.2, -0.15) is 4.31 Å². The Hall–Kier alpha value is -1.04. The molecule has 1 fully saturated rings. The number of ether oxygens (including phenoxy) is 2. The van der Waals surface area contributed by atoms with E-state index in [0.29, 0.717) is 32.7 Å². The van der Waals surface area contributed by atoms with Crippen molar-refractivity contribution in [2.24, 2.45) is 0 Å². The van der Waals surface area contributed by atoms with Crippen molar-refractivity contribution in [3.8, 4) is 0 Å². The topological polar surface area (TPSA) is 102 Å². The van der Waals surface area contributed by atoms with Crippen LogP contribution in [-0.4, -0.2) is 66.7 Å². The van der Waals surface area contributed by atoms with Gasteiger partial charge in [0.2, 0.25) is 20.0 Å². The van der Waals surface area contributed by atoms with Gasteiger partial charge in [-0.15, -0.1) is 0 Å². The molecule has 0 aromatic heterocycles. The van der Waals surface area contributed by atoms with Crippen molar-refractivity contribution in [1.82, 2.24) is 9.03 Å². The van der Waals surface area contributed by atoms with E-state index in [2.05, 4.69) is 4.72 Å². The lowest BCUT2D eigenvalue weighted by Gasteiger charge is -2.18. The van der Waals surface area contributed by atoms with Crippen molar-refractivity contribution < 1.29 is 26.3 Å². The quantitative estimate of drug-likeness (QED) is 0.501. The van der Waals surface area contributed by atoms with Gasteiger partial charge in [-0.25, -0.2) is 21.6 Å². The summed E-state index contributed by atoms with van der Waals surface area (Å²) in [6.45, 7) is 6.24. The Morgan fingerprint density at radius 3 is 2.32 bits per heavy atom. The number of hydrogen-bond donors (Lipinski definition) is 1. The summed E-state index contributed by atoms with van der Waals surface area (Å²) >= 11 is 0. The standard InChI is InChI=1S/C18H30N2O6S2/c1-3-20(4-2)28(23,24)18-10-8-17(9-11-18)27(21,22)19-12-6-13-25-15-16-7-5-14-26-16/h8-11,16,19H,3-7,12-15H2,1-2H3/t16-/m1/s1. The third-order valence-electron chi connectivity index (χ3n) is 4.56. The first-order valence-electron chi connectivity index (χ1n) is 9.60. The Bertz CT molecular complexity index is 799. The van der Waals surface area contributed by atoms with Crippen LogP contribution in [0.15, 0.2) is 34.1 Å². The van der Waals surface area contributed by atoms with Gasteiger partial charge in [0.15, 0.2) is 0 Å². The lowest BCUT2D eigenvalue weighted by atomic mass is 10.2. The van der Waals surface area contributed by atoms with E-state index >= 15 is 0 Å². The van der Waals surface area contributed by atoms with Gasteiger partial charge >= 0.3 is 0 Å². The van der Waals surface area contributed by atoms with Gasteiger partial charge in [-0.1, -0.05) is 13.8 Å². The summed E-state index contributed by atoms with van der Waals surface area (Å²) in [6.07, 6.45) is 2.76. The van der Waals surface area contributed by atoms with Crippen LogP contribution in [0.1, 0.15) is 33.1 Å². The monoisotopic (exact) mass is 434 g/mol. The minimum absolute atomic E-state index is 0.0336. The predicted octanol–water partition coefficient (Wildman–Crippen LogP) is 1.58. The first-order valence-corrected chi connectivity index (χ1v) is 12.5. The molecule has 0 aliphatic carbocycles. The van der Waals surface area contributed by atoms with Gasteiger partial charge in [0.1, 0.15) is 0 Å². The van der Waals surface area contributed by atoms with Crippen LogP contribution in [0.5, 0.6) is 0 Å². The summed E-state index contributed by atoms with van der Waals surface area (Å²) in [5, 5.41) is 0. The van der Waals surface area contributed by atoms with Gasteiger partial charge in [0.05, 0.1) is 22.5 Å². The maximum atomic E-state index is 12.5. The zero-order valence-corrected chi connectivity index (χ0v) is 18.1. The van der Waals surface area contributed by atoms with Crippen LogP contribution < -0.4 is 4.72 Å². The molecule has 0 saturated carbocycles. The SMILES string of the molecule is CCN(CC)S(=O)(=O)c1ccc(S(=O)(=O)NCCCOC[C@H]2CCCO2)cc1. The molecule has 1 aromatic rings. The first-order chi connectivity index (χ1) is 13.3. The molecule has 8 nitrogen and oxygen atoms in total. The molecule has 2 rings (SSSR count). The molecule has 160 valence electrons. The zero-order valence-electron chi connectivity index (χ0n) is 16.5. The fourth-order valence-corrected chi connectivity index (χ4v) is 5.49. The summed E-state index contributed by atoms with van der Waals surface area (Å²) < 4.78 is 64.4. The van der Waals surface area contributed by atoms with Crippen LogP contribution in [0, 0.1) is 0 Å². The second-order valence-electron chi connectivity index (χ2n) is 6.52. The van der Waals surface area contributed by atoms with E-state index in [4.69, 9.17) is 9.47 Å². The molecule has 1 aliphatic heterocycles. The highest BCUT2D eigenvalue weighted by atomic mass is 32.2. The van der Waals surface area contributed by atoms with E-state index in [1.165, 1.54) is 28.6 Å². The highest BCUT2D eigenvalue weighted by molar-refractivity contribution is 7.89. The summed E-state index contributed by atoms with van der Waals surface area (Å²) in [6, 6.07) is 5.28. The Morgan fingerprint density at radius 2 is 1.75 bits per heavy atom. The second kappa shape index (κ2) is 10.7. The van der Waals surface area contributed by atoms with Crippen LogP contribution >= 0.6 is 0 Å². The summed E-state index contributed by atoms with van der Waals surface area (Å²) in [5.41, 5.74) is 0. The lowest BCUT2D eigenvalue weighted by molar-refractivity contribution is 0.0169. The molecule has 0 unspecified atom stereocenters. The van der Waals surface area contributed by atoms with Crippen LogP contribution in [0.3, 0.4) is 0 Å². The fraction of sp³-hybridized carbons (Fsp3) is 0.667. The molecule has 10 heteroatoms. The summed E-state index contributed by atoms with van der Waals surface area (Å²) in [5.74, 6) is 0. The van der Waals surface area contributed by atoms with Crippen molar-refractivity contribution in [2.75, 3.05) is 39.5 Å². The average Bonchev–Trinajstić information content (AvgIpc) is 3.19. The average molecular weight is 435 g/mol. The van der Waals surface area contributed by atoms with E-state index in [-0.39, 0.29) is 22.4 Å². The third kappa shape index (κ3) is 6.23. The maximum Gasteiger partial charge on any atom is 0.243 e. The number of hydrogen-bond acceptors (Lipinski definition) is 6. The van der Waals surface area contributed by atoms with E-state index in [9.17, 15) is 16.8 Å². The molecule has 0 amide bonds. The summed E-state index contributed by atoms with van der Waals surface area (Å²) in [7, 11) is -7.30. The highest BCUT2D eigenvalue weighted by Gasteiger charge is 2.22. The number of nitrogens with zero attached hydrogens (tertiary/aromatic N) is 1. The van der Waals surface area contributed by atoms with Gasteiger partial charge < -0.3 is 9.47 Å². The largest absolute Gasteiger partial charge is 0.379 e. The molecule has 1 N–H and O–H groups in total. The van der Waals surface area contributed by atoms with Crippen molar-refractivity contribution in [1.29, 1.82) is 0 Å². The van der Waals surface area contributed by atoms with Gasteiger partial charge in [0.25, 0.3) is 0 Å². The molecular weight excluding hydrogens is 404 g/mol. The van der Waals surface area contributed by atoms with E-state index in [1.54, 1.807) is 13.8 Å². The Kier molecular flexibility index (Phi) is 8.84. The van der Waals surface area contributed by atoms with Gasteiger partial charge in [0, 0.05) is 32.8 Å². The molecule has 1 saturated heterocycles. The Morgan fingerprint density at radius 1 is 1.11 bits per heavy atom. The van der Waals surface area contributed by atoms with E-state index in [1.807, 2.05) is 0 Å². The lowest BCUT2D eigenvalue weighted by Crippen LogP contribution is -2.30. The molecule has 28 heavy (non-hydrogen) atoms. The molecule has 0 radical (unpaired) electrons. The number of rotatable bonds is 12. The fourth-order valence-electron chi connectivity index (χ4n) is 2.96. The number of sulfonamides is 2.